The molecule has 0 fully saturated rings. The number of rotatable bonds is 3. The summed E-state index contributed by atoms with van der Waals surface area (Å²) in [6.45, 7) is 0. The maximum atomic E-state index is 10.3. The summed E-state index contributed by atoms with van der Waals surface area (Å²) in [7, 11) is 1.63. The quantitative estimate of drug-likeness (QED) is 0.576. The van der Waals surface area contributed by atoms with E-state index in [0.717, 1.165) is 16.8 Å². The van der Waals surface area contributed by atoms with Crippen molar-refractivity contribution in [3.63, 3.8) is 0 Å². The van der Waals surface area contributed by atoms with E-state index in [-0.39, 0.29) is 0 Å². The molecular formula is C13H12N2O. The van der Waals surface area contributed by atoms with Gasteiger partial charge in [-0.3, -0.25) is 0 Å². The molecule has 0 N–H and O–H groups in total. The molecule has 3 nitrogen and oxygen atoms in total. The van der Waals surface area contributed by atoms with Crippen LogP contribution in [-0.2, 0) is 0 Å². The van der Waals surface area contributed by atoms with E-state index in [1.807, 2.05) is 42.5 Å². The molecule has 0 amide bonds. The molecule has 0 aromatic heterocycles. The van der Waals surface area contributed by atoms with Crippen molar-refractivity contribution in [2.75, 3.05) is 12.1 Å². The van der Waals surface area contributed by atoms with Gasteiger partial charge in [0, 0.05) is 7.05 Å². The SMILES string of the molecule is CN(N=O)c1ccc(-c2ccccc2)cc1. The Morgan fingerprint density at radius 2 is 1.44 bits per heavy atom. The van der Waals surface area contributed by atoms with Gasteiger partial charge in [-0.25, -0.2) is 5.01 Å². The summed E-state index contributed by atoms with van der Waals surface area (Å²) in [5.74, 6) is 0. The third kappa shape index (κ3) is 2.08. The van der Waals surface area contributed by atoms with Crippen molar-refractivity contribution in [1.82, 2.24) is 0 Å². The van der Waals surface area contributed by atoms with Gasteiger partial charge < -0.3 is 0 Å². The fraction of sp³-hybridized carbons (Fsp3) is 0.0769. The molecule has 0 atom stereocenters. The van der Waals surface area contributed by atoms with Crippen LogP contribution < -0.4 is 5.01 Å². The second kappa shape index (κ2) is 4.57. The van der Waals surface area contributed by atoms with Crippen molar-refractivity contribution in [2.45, 2.75) is 0 Å². The maximum absolute atomic E-state index is 10.3. The normalized spacial score (nSPS) is 9.81. The minimum absolute atomic E-state index is 0.787. The Morgan fingerprint density at radius 1 is 0.875 bits per heavy atom. The van der Waals surface area contributed by atoms with Crippen LogP contribution in [0.15, 0.2) is 59.9 Å². The minimum Gasteiger partial charge on any atom is -0.232 e. The van der Waals surface area contributed by atoms with Crippen molar-refractivity contribution in [3.05, 3.63) is 59.5 Å². The van der Waals surface area contributed by atoms with E-state index in [0.29, 0.717) is 0 Å². The van der Waals surface area contributed by atoms with Crippen molar-refractivity contribution < 1.29 is 0 Å². The largest absolute Gasteiger partial charge is 0.232 e. The lowest BCUT2D eigenvalue weighted by molar-refractivity contribution is 1.00. The summed E-state index contributed by atoms with van der Waals surface area (Å²) >= 11 is 0. The van der Waals surface area contributed by atoms with E-state index in [9.17, 15) is 4.91 Å². The summed E-state index contributed by atoms with van der Waals surface area (Å²) in [6.07, 6.45) is 0. The highest BCUT2D eigenvalue weighted by atomic mass is 16.3. The van der Waals surface area contributed by atoms with Crippen molar-refractivity contribution in [2.24, 2.45) is 5.29 Å². The van der Waals surface area contributed by atoms with E-state index in [4.69, 9.17) is 0 Å². The van der Waals surface area contributed by atoms with E-state index in [2.05, 4.69) is 17.4 Å². The molecule has 0 spiro atoms. The average molecular weight is 212 g/mol. The molecule has 0 saturated heterocycles. The summed E-state index contributed by atoms with van der Waals surface area (Å²) in [4.78, 5) is 10.3. The third-order valence-electron chi connectivity index (χ3n) is 2.47. The lowest BCUT2D eigenvalue weighted by Gasteiger charge is -2.09. The number of anilines is 1. The first kappa shape index (κ1) is 10.4. The van der Waals surface area contributed by atoms with Gasteiger partial charge in [-0.2, -0.15) is 0 Å². The fourth-order valence-electron chi connectivity index (χ4n) is 1.55. The second-order valence-electron chi connectivity index (χ2n) is 3.52. The number of nitrogens with zero attached hydrogens (tertiary/aromatic N) is 2. The van der Waals surface area contributed by atoms with Crippen LogP contribution in [0, 0.1) is 4.91 Å². The van der Waals surface area contributed by atoms with Crippen molar-refractivity contribution in [1.29, 1.82) is 0 Å². The molecule has 0 radical (unpaired) electrons. The van der Waals surface area contributed by atoms with Gasteiger partial charge in [0.25, 0.3) is 0 Å². The van der Waals surface area contributed by atoms with E-state index >= 15 is 0 Å². The van der Waals surface area contributed by atoms with Crippen LogP contribution >= 0.6 is 0 Å². The number of nitroso groups, excluding NO2 is 1. The molecule has 0 aliphatic heterocycles. The topological polar surface area (TPSA) is 32.7 Å². The Bertz CT molecular complexity index is 465. The summed E-state index contributed by atoms with van der Waals surface area (Å²) in [5, 5.41) is 4.14. The summed E-state index contributed by atoms with van der Waals surface area (Å²) in [5.41, 5.74) is 3.08. The zero-order valence-electron chi connectivity index (χ0n) is 9.00. The molecule has 2 aromatic rings. The number of benzene rings is 2. The highest BCUT2D eigenvalue weighted by molar-refractivity contribution is 5.65. The van der Waals surface area contributed by atoms with Crippen LogP contribution in [0.3, 0.4) is 0 Å². The lowest BCUT2D eigenvalue weighted by Crippen LogP contribution is -2.05. The van der Waals surface area contributed by atoms with Crippen LogP contribution in [0.25, 0.3) is 11.1 Å². The molecule has 2 rings (SSSR count). The molecule has 0 bridgehead atoms. The number of hydrogen-bond acceptors (Lipinski definition) is 2. The first-order valence-electron chi connectivity index (χ1n) is 5.04. The van der Waals surface area contributed by atoms with Gasteiger partial charge >= 0.3 is 0 Å². The summed E-state index contributed by atoms with van der Waals surface area (Å²) < 4.78 is 0. The van der Waals surface area contributed by atoms with Gasteiger partial charge in [0.15, 0.2) is 0 Å². The smallest absolute Gasteiger partial charge is 0.0623 e. The van der Waals surface area contributed by atoms with Crippen LogP contribution in [0.1, 0.15) is 0 Å². The predicted octanol–water partition coefficient (Wildman–Crippen LogP) is 3.47. The molecule has 2 aromatic carbocycles. The Balaban J connectivity index is 2.30. The van der Waals surface area contributed by atoms with Gasteiger partial charge in [0.2, 0.25) is 0 Å². The zero-order chi connectivity index (χ0) is 11.4. The first-order valence-corrected chi connectivity index (χ1v) is 5.04. The van der Waals surface area contributed by atoms with Gasteiger partial charge in [0.1, 0.15) is 0 Å². The Hall–Kier alpha value is -2.16. The van der Waals surface area contributed by atoms with Crippen molar-refractivity contribution in [3.8, 4) is 11.1 Å². The molecule has 3 heteroatoms. The van der Waals surface area contributed by atoms with E-state index < -0.39 is 0 Å². The second-order valence-corrected chi connectivity index (χ2v) is 3.52. The van der Waals surface area contributed by atoms with Crippen molar-refractivity contribution >= 4 is 5.69 Å². The van der Waals surface area contributed by atoms with E-state index in [1.54, 1.807) is 7.05 Å². The lowest BCUT2D eigenvalue weighted by atomic mass is 10.1. The Kier molecular flexibility index (Phi) is 2.96. The van der Waals surface area contributed by atoms with Gasteiger partial charge in [0.05, 0.1) is 11.0 Å². The van der Waals surface area contributed by atoms with Gasteiger partial charge in [-0.05, 0) is 23.3 Å². The van der Waals surface area contributed by atoms with Crippen LogP contribution in [0.4, 0.5) is 5.69 Å². The molecule has 0 aliphatic carbocycles. The first-order chi connectivity index (χ1) is 7.81. The summed E-state index contributed by atoms with van der Waals surface area (Å²) in [6, 6.07) is 17.8. The van der Waals surface area contributed by atoms with E-state index in [1.165, 1.54) is 5.01 Å². The van der Waals surface area contributed by atoms with Gasteiger partial charge in [-0.15, -0.1) is 4.91 Å². The molecule has 0 saturated carbocycles. The third-order valence-corrected chi connectivity index (χ3v) is 2.47. The molecule has 16 heavy (non-hydrogen) atoms. The Morgan fingerprint density at radius 3 is 2.00 bits per heavy atom. The maximum Gasteiger partial charge on any atom is 0.0623 e. The molecule has 0 unspecified atom stereocenters. The minimum atomic E-state index is 0.787. The highest BCUT2D eigenvalue weighted by Crippen LogP contribution is 2.22. The number of hydrogen-bond donors (Lipinski definition) is 0. The van der Waals surface area contributed by atoms with Crippen LogP contribution in [-0.4, -0.2) is 7.05 Å². The van der Waals surface area contributed by atoms with Crippen LogP contribution in [0.5, 0.6) is 0 Å². The Labute approximate surface area is 94.3 Å². The molecule has 0 aliphatic rings. The monoisotopic (exact) mass is 212 g/mol. The molecule has 80 valence electrons. The zero-order valence-corrected chi connectivity index (χ0v) is 9.00. The van der Waals surface area contributed by atoms with Crippen LogP contribution in [0.2, 0.25) is 0 Å². The standard InChI is InChI=1S/C13H12N2O/c1-15(14-16)13-9-7-12(8-10-13)11-5-3-2-4-6-11/h2-10H,1H3. The highest BCUT2D eigenvalue weighted by Gasteiger charge is 2.00. The predicted molar refractivity (Wildman–Crippen MR) is 66.1 cm³/mol. The fourth-order valence-corrected chi connectivity index (χ4v) is 1.55. The molecule has 0 heterocycles. The average Bonchev–Trinajstić information content (AvgIpc) is 2.39. The van der Waals surface area contributed by atoms with Gasteiger partial charge in [-0.1, -0.05) is 42.5 Å². The molecular weight excluding hydrogens is 200 g/mol.